The van der Waals surface area contributed by atoms with E-state index in [9.17, 15) is 0 Å². The van der Waals surface area contributed by atoms with Crippen LogP contribution in [0.4, 0.5) is 0 Å². The average Bonchev–Trinajstić information content (AvgIpc) is 0. The van der Waals surface area contributed by atoms with Crippen LogP contribution in [0.3, 0.4) is 0 Å². The predicted octanol–water partition coefficient (Wildman–Crippen LogP) is -0.0175. The fourth-order valence-corrected chi connectivity index (χ4v) is 0. The van der Waals surface area contributed by atoms with Gasteiger partial charge in [-0.3, -0.25) is 0 Å². The zero-order valence-electron chi connectivity index (χ0n) is 2.33. The van der Waals surface area contributed by atoms with Crippen LogP contribution >= 0.6 is 0 Å². The summed E-state index contributed by atoms with van der Waals surface area (Å²) in [6, 6.07) is 0. The standard InChI is InChI=1S/7Ir. The Balaban J connectivity index is 0. The smallest absolute Gasteiger partial charge is 0 e. The van der Waals surface area contributed by atoms with Crippen molar-refractivity contribution in [2.75, 3.05) is 0 Å². The number of rotatable bonds is 0. The van der Waals surface area contributed by atoms with Gasteiger partial charge in [-0.2, -0.15) is 0 Å². The van der Waals surface area contributed by atoms with Gasteiger partial charge in [0.1, 0.15) is 0 Å². The maximum absolute atomic E-state index is 0. The number of hydrogen-bond donors (Lipinski definition) is 0. The molecule has 7 radical (unpaired) electrons. The Hall–Kier alpha value is 4.55. The molecule has 7 heavy (non-hydrogen) atoms. The van der Waals surface area contributed by atoms with Crippen LogP contribution in [0.25, 0.3) is 0 Å². The Morgan fingerprint density at radius 1 is 0.143 bits per heavy atom. The fourth-order valence-electron chi connectivity index (χ4n) is 0. The Morgan fingerprint density at radius 2 is 0.143 bits per heavy atom. The van der Waals surface area contributed by atoms with Gasteiger partial charge in [0, 0.05) is 141 Å². The van der Waals surface area contributed by atoms with Crippen LogP contribution in [-0.2, 0) is 141 Å². The minimum absolute atomic E-state index is 0. The van der Waals surface area contributed by atoms with Crippen LogP contribution in [-0.4, -0.2) is 0 Å². The summed E-state index contributed by atoms with van der Waals surface area (Å²) in [5, 5.41) is 0. The third-order valence-electron chi connectivity index (χ3n) is 0. The van der Waals surface area contributed by atoms with E-state index in [2.05, 4.69) is 0 Å². The second kappa shape index (κ2) is 46.5. The maximum Gasteiger partial charge on any atom is 0 e. The molecule has 0 bridgehead atoms. The van der Waals surface area contributed by atoms with Crippen molar-refractivity contribution in [1.82, 2.24) is 0 Å². The predicted molar refractivity (Wildman–Crippen MR) is 0 cm³/mol. The molecule has 0 N–H and O–H groups in total. The van der Waals surface area contributed by atoms with Crippen LogP contribution < -0.4 is 0 Å². The number of hydrogen-bond acceptors (Lipinski definition) is 0. The maximum atomic E-state index is 0. The van der Waals surface area contributed by atoms with E-state index in [-0.39, 0.29) is 141 Å². The molecule has 0 rings (SSSR count). The largest absolute Gasteiger partial charge is 0 e. The van der Waals surface area contributed by atoms with Crippen molar-refractivity contribution in [1.29, 1.82) is 0 Å². The van der Waals surface area contributed by atoms with E-state index < -0.39 is 0 Å². The molecule has 0 unspecified atom stereocenters. The fraction of sp³-hybridized carbons (Fsp3) is 0. The molecule has 0 aliphatic heterocycles. The molecule has 0 aliphatic rings. The van der Waals surface area contributed by atoms with Crippen molar-refractivity contribution in [2.45, 2.75) is 0 Å². The molecular formula is Ir7. The van der Waals surface area contributed by atoms with E-state index >= 15 is 0 Å². The Morgan fingerprint density at radius 3 is 0.143 bits per heavy atom. The molecule has 0 spiro atoms. The van der Waals surface area contributed by atoms with Gasteiger partial charge < -0.3 is 0 Å². The molecule has 7 heteroatoms. The summed E-state index contributed by atoms with van der Waals surface area (Å²) >= 11 is 0. The van der Waals surface area contributed by atoms with Gasteiger partial charge in [0.05, 0.1) is 0 Å². The van der Waals surface area contributed by atoms with Gasteiger partial charge in [-0.05, 0) is 0 Å². The van der Waals surface area contributed by atoms with Crippen molar-refractivity contribution in [3.05, 3.63) is 0 Å². The quantitative estimate of drug-likeness (QED) is 0.321. The summed E-state index contributed by atoms with van der Waals surface area (Å²) in [4.78, 5) is 0. The molecule has 0 saturated heterocycles. The average molecular weight is 1350 g/mol. The minimum atomic E-state index is 0. The second-order valence-electron chi connectivity index (χ2n) is 0. The van der Waals surface area contributed by atoms with Gasteiger partial charge in [-0.1, -0.05) is 0 Å². The van der Waals surface area contributed by atoms with Crippen LogP contribution in [0.5, 0.6) is 0 Å². The second-order valence-corrected chi connectivity index (χ2v) is 0. The third kappa shape index (κ3) is 37.3. The van der Waals surface area contributed by atoms with E-state index in [0.717, 1.165) is 0 Å². The normalized spacial score (nSPS) is 0. The summed E-state index contributed by atoms with van der Waals surface area (Å²) in [5.41, 5.74) is 0. The third-order valence-corrected chi connectivity index (χ3v) is 0. The van der Waals surface area contributed by atoms with Crippen molar-refractivity contribution >= 4 is 0 Å². The SMILES string of the molecule is [Ir].[Ir].[Ir].[Ir].[Ir].[Ir].[Ir]. The van der Waals surface area contributed by atoms with E-state index in [1.165, 1.54) is 0 Å². The van der Waals surface area contributed by atoms with Crippen molar-refractivity contribution in [2.24, 2.45) is 0 Å². The first-order valence-corrected chi connectivity index (χ1v) is 0. The van der Waals surface area contributed by atoms with Crippen LogP contribution in [0.1, 0.15) is 0 Å². The summed E-state index contributed by atoms with van der Waals surface area (Å²) in [6.07, 6.45) is 0. The van der Waals surface area contributed by atoms with Crippen molar-refractivity contribution in [3.8, 4) is 0 Å². The molecule has 0 nitrogen and oxygen atoms in total. The molecule has 0 heterocycles. The van der Waals surface area contributed by atoms with Crippen LogP contribution in [0, 0.1) is 0 Å². The molecule has 0 atom stereocenters. The van der Waals surface area contributed by atoms with E-state index in [1.807, 2.05) is 0 Å². The molecule has 0 aromatic carbocycles. The van der Waals surface area contributed by atoms with Crippen molar-refractivity contribution in [3.63, 3.8) is 0 Å². The van der Waals surface area contributed by atoms with Crippen LogP contribution in [0.2, 0.25) is 0 Å². The van der Waals surface area contributed by atoms with Crippen LogP contribution in [0.15, 0.2) is 0 Å². The van der Waals surface area contributed by atoms with Gasteiger partial charge >= 0.3 is 0 Å². The van der Waals surface area contributed by atoms with Gasteiger partial charge in [-0.25, -0.2) is 0 Å². The molecule has 0 amide bonds. The molecule has 0 aliphatic carbocycles. The Bertz CT molecular complexity index is 0. The van der Waals surface area contributed by atoms with Gasteiger partial charge in [0.2, 0.25) is 0 Å². The van der Waals surface area contributed by atoms with E-state index in [1.54, 1.807) is 0 Å². The summed E-state index contributed by atoms with van der Waals surface area (Å²) in [5.74, 6) is 0. The molecular weight excluding hydrogens is 1350 g/mol. The zero-order valence-corrected chi connectivity index (χ0v) is 19.1. The Kier molecular flexibility index (Phi) is 413. The summed E-state index contributed by atoms with van der Waals surface area (Å²) < 4.78 is 0. The van der Waals surface area contributed by atoms with Gasteiger partial charge in [0.15, 0.2) is 0 Å². The zero-order chi connectivity index (χ0) is 0. The Labute approximate surface area is 138 Å². The summed E-state index contributed by atoms with van der Waals surface area (Å²) in [6.45, 7) is 0. The van der Waals surface area contributed by atoms with E-state index in [4.69, 9.17) is 0 Å². The van der Waals surface area contributed by atoms with E-state index in [0.29, 0.717) is 0 Å². The first kappa shape index (κ1) is 62.1. The summed E-state index contributed by atoms with van der Waals surface area (Å²) in [7, 11) is 0. The molecule has 0 aromatic rings. The molecule has 0 fully saturated rings. The van der Waals surface area contributed by atoms with Gasteiger partial charge in [0.25, 0.3) is 0 Å². The first-order valence-electron chi connectivity index (χ1n) is 0. The monoisotopic (exact) mass is 1350 g/mol. The van der Waals surface area contributed by atoms with Gasteiger partial charge in [-0.15, -0.1) is 0 Å². The molecule has 0 saturated carbocycles. The molecule has 0 aromatic heterocycles. The molecule has 63 valence electrons. The minimum Gasteiger partial charge on any atom is 0 e. The first-order chi connectivity index (χ1) is 0. The van der Waals surface area contributed by atoms with Crippen molar-refractivity contribution < 1.29 is 141 Å². The topological polar surface area (TPSA) is 0 Å².